The molecule has 0 bridgehead atoms. The Bertz CT molecular complexity index is 619. The minimum atomic E-state index is 0.625. The summed E-state index contributed by atoms with van der Waals surface area (Å²) in [5, 5.41) is 6.99. The van der Waals surface area contributed by atoms with E-state index in [1.54, 1.807) is 11.3 Å². The Hall–Kier alpha value is -1.39. The van der Waals surface area contributed by atoms with Crippen molar-refractivity contribution in [3.8, 4) is 11.3 Å². The molecule has 1 N–H and O–H groups in total. The molecule has 2 fully saturated rings. The first-order valence-corrected chi connectivity index (χ1v) is 8.71. The second-order valence-corrected chi connectivity index (χ2v) is 7.18. The van der Waals surface area contributed by atoms with Gasteiger partial charge in [-0.2, -0.15) is 0 Å². The van der Waals surface area contributed by atoms with Gasteiger partial charge in [0.15, 0.2) is 0 Å². The van der Waals surface area contributed by atoms with E-state index in [0.29, 0.717) is 6.04 Å². The molecule has 0 spiro atoms. The first-order chi connectivity index (χ1) is 10.3. The van der Waals surface area contributed by atoms with E-state index < -0.39 is 0 Å². The van der Waals surface area contributed by atoms with Crippen molar-refractivity contribution < 1.29 is 0 Å². The van der Waals surface area contributed by atoms with E-state index in [2.05, 4.69) is 51.8 Å². The summed E-state index contributed by atoms with van der Waals surface area (Å²) in [4.78, 5) is 7.19. The van der Waals surface area contributed by atoms with Crippen molar-refractivity contribution in [1.82, 2.24) is 9.88 Å². The van der Waals surface area contributed by atoms with E-state index in [9.17, 15) is 0 Å². The molecule has 2 unspecified atom stereocenters. The molecule has 1 aromatic carbocycles. The summed E-state index contributed by atoms with van der Waals surface area (Å²) in [5.74, 6) is 0. The van der Waals surface area contributed by atoms with Gasteiger partial charge in [0.1, 0.15) is 0 Å². The highest BCUT2D eigenvalue weighted by atomic mass is 32.1. The summed E-state index contributed by atoms with van der Waals surface area (Å²) in [5.41, 5.74) is 3.54. The van der Waals surface area contributed by atoms with Crippen molar-refractivity contribution in [3.63, 3.8) is 0 Å². The van der Waals surface area contributed by atoms with Crippen LogP contribution in [0.25, 0.3) is 11.3 Å². The minimum Gasteiger partial charge on any atom is -0.381 e. The Morgan fingerprint density at radius 3 is 2.81 bits per heavy atom. The number of benzene rings is 1. The summed E-state index contributed by atoms with van der Waals surface area (Å²) < 4.78 is 0. The van der Waals surface area contributed by atoms with Gasteiger partial charge in [0.05, 0.1) is 10.7 Å². The lowest BCUT2D eigenvalue weighted by molar-refractivity contribution is 0.318. The van der Waals surface area contributed by atoms with Crippen LogP contribution in [0.15, 0.2) is 29.6 Å². The van der Waals surface area contributed by atoms with E-state index >= 15 is 0 Å². The van der Waals surface area contributed by atoms with Crippen LogP contribution in [0.4, 0.5) is 5.69 Å². The molecule has 2 atom stereocenters. The van der Waals surface area contributed by atoms with Crippen LogP contribution in [0.5, 0.6) is 0 Å². The smallest absolute Gasteiger partial charge is 0.0901 e. The Balaban J connectivity index is 1.47. The standard InChI is InChI=1S/C17H21N3S/c1-12-18-16(11-21-12)13-4-6-14(7-5-13)19-15-8-10-20-9-2-3-17(15)20/h4-7,11,15,17,19H,2-3,8-10H2,1H3. The predicted molar refractivity (Wildman–Crippen MR) is 88.9 cm³/mol. The second kappa shape index (κ2) is 5.43. The van der Waals surface area contributed by atoms with Crippen molar-refractivity contribution in [1.29, 1.82) is 0 Å². The number of hydrogen-bond donors (Lipinski definition) is 1. The van der Waals surface area contributed by atoms with Gasteiger partial charge in [0, 0.05) is 35.3 Å². The van der Waals surface area contributed by atoms with Crippen molar-refractivity contribution in [2.24, 2.45) is 0 Å². The Morgan fingerprint density at radius 2 is 2.05 bits per heavy atom. The van der Waals surface area contributed by atoms with Crippen molar-refractivity contribution in [2.75, 3.05) is 18.4 Å². The molecule has 0 saturated carbocycles. The van der Waals surface area contributed by atoms with Crippen LogP contribution >= 0.6 is 11.3 Å². The number of aryl methyl sites for hydroxylation is 1. The summed E-state index contributed by atoms with van der Waals surface area (Å²) in [6, 6.07) is 10.1. The first kappa shape index (κ1) is 13.3. The van der Waals surface area contributed by atoms with Crippen LogP contribution in [0.3, 0.4) is 0 Å². The molecule has 3 nitrogen and oxygen atoms in total. The zero-order valence-corrected chi connectivity index (χ0v) is 13.2. The second-order valence-electron chi connectivity index (χ2n) is 6.11. The third kappa shape index (κ3) is 2.58. The molecule has 1 aromatic heterocycles. The van der Waals surface area contributed by atoms with E-state index in [-0.39, 0.29) is 0 Å². The van der Waals surface area contributed by atoms with Gasteiger partial charge in [0.25, 0.3) is 0 Å². The quantitative estimate of drug-likeness (QED) is 0.935. The molecule has 0 amide bonds. The maximum Gasteiger partial charge on any atom is 0.0901 e. The van der Waals surface area contributed by atoms with Crippen molar-refractivity contribution in [3.05, 3.63) is 34.7 Å². The molecule has 2 aliphatic heterocycles. The van der Waals surface area contributed by atoms with Gasteiger partial charge < -0.3 is 5.32 Å². The normalized spacial score (nSPS) is 25.2. The number of hydrogen-bond acceptors (Lipinski definition) is 4. The Kier molecular flexibility index (Phi) is 3.43. The molecule has 2 saturated heterocycles. The summed E-state index contributed by atoms with van der Waals surface area (Å²) in [6.07, 6.45) is 4.00. The Morgan fingerprint density at radius 1 is 1.19 bits per heavy atom. The van der Waals surface area contributed by atoms with E-state index in [1.807, 2.05) is 0 Å². The van der Waals surface area contributed by atoms with Crippen molar-refractivity contribution in [2.45, 2.75) is 38.3 Å². The predicted octanol–water partition coefficient (Wildman–Crippen LogP) is 3.77. The molecule has 4 rings (SSSR count). The van der Waals surface area contributed by atoms with Gasteiger partial charge in [-0.3, -0.25) is 4.90 Å². The van der Waals surface area contributed by atoms with Gasteiger partial charge in [0.2, 0.25) is 0 Å². The lowest BCUT2D eigenvalue weighted by atomic mass is 10.1. The fourth-order valence-corrected chi connectivity index (χ4v) is 4.32. The van der Waals surface area contributed by atoms with E-state index in [0.717, 1.165) is 16.7 Å². The molecule has 21 heavy (non-hydrogen) atoms. The number of aromatic nitrogens is 1. The van der Waals surface area contributed by atoms with E-state index in [1.165, 1.54) is 43.6 Å². The van der Waals surface area contributed by atoms with Crippen LogP contribution < -0.4 is 5.32 Å². The fourth-order valence-electron chi connectivity index (χ4n) is 3.70. The maximum atomic E-state index is 4.55. The topological polar surface area (TPSA) is 28.2 Å². The number of rotatable bonds is 3. The van der Waals surface area contributed by atoms with Gasteiger partial charge in [-0.1, -0.05) is 12.1 Å². The fraction of sp³-hybridized carbons (Fsp3) is 0.471. The van der Waals surface area contributed by atoms with Gasteiger partial charge >= 0.3 is 0 Å². The first-order valence-electron chi connectivity index (χ1n) is 7.83. The SMILES string of the molecule is Cc1nc(-c2ccc(NC3CCN4CCCC34)cc2)cs1. The molecule has 0 aliphatic carbocycles. The van der Waals surface area contributed by atoms with Crippen LogP contribution in [0.1, 0.15) is 24.3 Å². The molecule has 4 heteroatoms. The van der Waals surface area contributed by atoms with Gasteiger partial charge in [-0.05, 0) is 44.9 Å². The number of thiazole rings is 1. The van der Waals surface area contributed by atoms with Gasteiger partial charge in [-0.25, -0.2) is 4.98 Å². The molecule has 2 aliphatic rings. The summed E-state index contributed by atoms with van der Waals surface area (Å²) >= 11 is 1.71. The van der Waals surface area contributed by atoms with Crippen LogP contribution in [-0.2, 0) is 0 Å². The highest BCUT2D eigenvalue weighted by Crippen LogP contribution is 2.30. The third-order valence-corrected chi connectivity index (χ3v) is 5.53. The number of fused-ring (bicyclic) bond motifs is 1. The third-order valence-electron chi connectivity index (χ3n) is 4.76. The summed E-state index contributed by atoms with van der Waals surface area (Å²) in [6.45, 7) is 4.61. The van der Waals surface area contributed by atoms with Gasteiger partial charge in [-0.15, -0.1) is 11.3 Å². The van der Waals surface area contributed by atoms with E-state index in [4.69, 9.17) is 0 Å². The molecular weight excluding hydrogens is 278 g/mol. The molecule has 110 valence electrons. The Labute approximate surface area is 130 Å². The number of nitrogens with one attached hydrogen (secondary N) is 1. The lowest BCUT2D eigenvalue weighted by Gasteiger charge is -2.22. The largest absolute Gasteiger partial charge is 0.381 e. The number of anilines is 1. The lowest BCUT2D eigenvalue weighted by Crippen LogP contribution is -2.33. The van der Waals surface area contributed by atoms with Crippen LogP contribution in [0, 0.1) is 6.92 Å². The molecule has 0 radical (unpaired) electrons. The molecule has 3 heterocycles. The number of nitrogens with zero attached hydrogens (tertiary/aromatic N) is 2. The summed E-state index contributed by atoms with van der Waals surface area (Å²) in [7, 11) is 0. The highest BCUT2D eigenvalue weighted by molar-refractivity contribution is 7.09. The average Bonchev–Trinajstić information content (AvgIpc) is 3.18. The van der Waals surface area contributed by atoms with Crippen molar-refractivity contribution >= 4 is 17.0 Å². The van der Waals surface area contributed by atoms with Crippen LogP contribution in [0.2, 0.25) is 0 Å². The zero-order valence-electron chi connectivity index (χ0n) is 12.4. The minimum absolute atomic E-state index is 0.625. The molecular formula is C17H21N3S. The van der Waals surface area contributed by atoms with Crippen LogP contribution in [-0.4, -0.2) is 35.1 Å². The maximum absolute atomic E-state index is 4.55. The zero-order chi connectivity index (χ0) is 14.2. The monoisotopic (exact) mass is 299 g/mol. The average molecular weight is 299 g/mol. The highest BCUT2D eigenvalue weighted by Gasteiger charge is 2.36. The molecule has 2 aromatic rings.